The molecule has 0 heterocycles. The van der Waals surface area contributed by atoms with Crippen LogP contribution in [0.2, 0.25) is 0 Å². The number of hydrogen-bond donors (Lipinski definition) is 5. The molecule has 0 spiro atoms. The predicted octanol–water partition coefficient (Wildman–Crippen LogP) is 0.643. The van der Waals surface area contributed by atoms with Gasteiger partial charge in [-0.25, -0.2) is 9.13 Å². The van der Waals surface area contributed by atoms with Gasteiger partial charge in [0.25, 0.3) is 0 Å². The standard InChI is InChI=1S/C6H16BrNO8P2/c1-6(9,5-7)3-2-4-8-15-18(13,14)16-17(10,11)12/h8-9H,2-5H2,1H3,(H,13,14)(H2,10,11,12). The summed E-state index contributed by atoms with van der Waals surface area (Å²) in [6.07, 6.45) is 0.804. The van der Waals surface area contributed by atoms with E-state index >= 15 is 0 Å². The van der Waals surface area contributed by atoms with E-state index in [0.717, 1.165) is 0 Å². The summed E-state index contributed by atoms with van der Waals surface area (Å²) in [6.45, 7) is 1.70. The smallest absolute Gasteiger partial charge is 0.389 e. The van der Waals surface area contributed by atoms with Crippen LogP contribution in [0.25, 0.3) is 0 Å². The van der Waals surface area contributed by atoms with Gasteiger partial charge in [-0.1, -0.05) is 15.9 Å². The fourth-order valence-electron chi connectivity index (χ4n) is 0.887. The maximum atomic E-state index is 10.9. The van der Waals surface area contributed by atoms with Crippen LogP contribution in [0.4, 0.5) is 0 Å². The lowest BCUT2D eigenvalue weighted by atomic mass is 10.0. The van der Waals surface area contributed by atoms with Gasteiger partial charge in [0, 0.05) is 11.9 Å². The monoisotopic (exact) mass is 371 g/mol. The van der Waals surface area contributed by atoms with Gasteiger partial charge in [-0.05, 0) is 19.8 Å². The number of halogens is 1. The second-order valence-corrected chi connectivity index (χ2v) is 7.08. The van der Waals surface area contributed by atoms with Crippen LogP contribution in [0.1, 0.15) is 19.8 Å². The zero-order valence-corrected chi connectivity index (χ0v) is 12.9. The molecule has 0 aromatic heterocycles. The third-order valence-electron chi connectivity index (χ3n) is 1.67. The van der Waals surface area contributed by atoms with E-state index < -0.39 is 21.2 Å². The molecule has 0 saturated carbocycles. The van der Waals surface area contributed by atoms with Gasteiger partial charge in [0.1, 0.15) is 0 Å². The van der Waals surface area contributed by atoms with Crippen LogP contribution in [-0.2, 0) is 18.1 Å². The molecule has 0 radical (unpaired) electrons. The van der Waals surface area contributed by atoms with Crippen LogP contribution < -0.4 is 5.48 Å². The summed E-state index contributed by atoms with van der Waals surface area (Å²) in [5.41, 5.74) is 1.13. The number of phosphoric acid groups is 2. The molecule has 2 atom stereocenters. The summed E-state index contributed by atoms with van der Waals surface area (Å²) in [5.74, 6) is 0. The summed E-state index contributed by atoms with van der Waals surface area (Å²) in [7, 11) is -9.95. The Labute approximate surface area is 112 Å². The fourth-order valence-corrected chi connectivity index (χ4v) is 2.63. The molecule has 0 aliphatic heterocycles. The van der Waals surface area contributed by atoms with Crippen molar-refractivity contribution >= 4 is 31.6 Å². The third-order valence-corrected chi connectivity index (χ3v) is 4.92. The molecule has 12 heteroatoms. The minimum Gasteiger partial charge on any atom is -0.389 e. The van der Waals surface area contributed by atoms with Gasteiger partial charge < -0.3 is 19.8 Å². The number of hydroxylamine groups is 1. The van der Waals surface area contributed by atoms with Gasteiger partial charge in [-0.2, -0.15) is 14.4 Å². The Morgan fingerprint density at radius 2 is 1.89 bits per heavy atom. The summed E-state index contributed by atoms with van der Waals surface area (Å²) in [5, 5.41) is 9.96. The largest absolute Gasteiger partial charge is 0.497 e. The molecular formula is C6H16BrNO8P2. The molecule has 0 bridgehead atoms. The normalized spacial score (nSPS) is 19.2. The molecule has 0 fully saturated rings. The van der Waals surface area contributed by atoms with Crippen LogP contribution in [0, 0.1) is 0 Å². The van der Waals surface area contributed by atoms with Crippen LogP contribution in [-0.4, -0.2) is 37.3 Å². The molecule has 0 aliphatic rings. The van der Waals surface area contributed by atoms with Crippen LogP contribution in [0.5, 0.6) is 0 Å². The first kappa shape index (κ1) is 18.7. The summed E-state index contributed by atoms with van der Waals surface area (Å²) in [6, 6.07) is 0. The van der Waals surface area contributed by atoms with Crippen molar-refractivity contribution in [2.45, 2.75) is 25.4 Å². The van der Waals surface area contributed by atoms with Crippen molar-refractivity contribution < 1.29 is 37.9 Å². The first-order chi connectivity index (χ1) is 7.97. The minimum absolute atomic E-state index is 0.0955. The van der Waals surface area contributed by atoms with Gasteiger partial charge in [0.2, 0.25) is 0 Å². The molecule has 5 N–H and O–H groups in total. The average Bonchev–Trinajstić information content (AvgIpc) is 2.13. The van der Waals surface area contributed by atoms with E-state index in [2.05, 4.69) is 24.9 Å². The minimum atomic E-state index is -5.10. The van der Waals surface area contributed by atoms with Crippen molar-refractivity contribution in [2.24, 2.45) is 0 Å². The van der Waals surface area contributed by atoms with Crippen molar-refractivity contribution in [3.05, 3.63) is 0 Å². The lowest BCUT2D eigenvalue weighted by Crippen LogP contribution is -2.27. The average molecular weight is 372 g/mol. The predicted molar refractivity (Wildman–Crippen MR) is 65.7 cm³/mol. The van der Waals surface area contributed by atoms with Crippen LogP contribution >= 0.6 is 31.6 Å². The molecule has 0 saturated heterocycles. The van der Waals surface area contributed by atoms with Crippen molar-refractivity contribution in [3.8, 4) is 0 Å². The topological polar surface area (TPSA) is 146 Å². The summed E-state index contributed by atoms with van der Waals surface area (Å²) < 4.78 is 28.9. The van der Waals surface area contributed by atoms with E-state index in [-0.39, 0.29) is 6.54 Å². The molecule has 110 valence electrons. The Morgan fingerprint density at radius 1 is 1.33 bits per heavy atom. The first-order valence-electron chi connectivity index (χ1n) is 4.77. The lowest BCUT2D eigenvalue weighted by molar-refractivity contribution is 0.0684. The Kier molecular flexibility index (Phi) is 7.72. The number of hydrogen-bond acceptors (Lipinski definition) is 6. The van der Waals surface area contributed by atoms with Crippen LogP contribution in [0.15, 0.2) is 0 Å². The lowest BCUT2D eigenvalue weighted by Gasteiger charge is -2.20. The molecule has 2 unspecified atom stereocenters. The SMILES string of the molecule is CC(O)(CBr)CCCNOP(=O)(O)OP(=O)(O)O. The van der Waals surface area contributed by atoms with Gasteiger partial charge in [0.05, 0.1) is 5.60 Å². The molecular weight excluding hydrogens is 356 g/mol. The first-order valence-corrected chi connectivity index (χ1v) is 8.92. The van der Waals surface area contributed by atoms with E-state index in [0.29, 0.717) is 18.2 Å². The number of aliphatic hydroxyl groups is 1. The Bertz CT molecular complexity index is 344. The van der Waals surface area contributed by atoms with Crippen molar-refractivity contribution in [3.63, 3.8) is 0 Å². The van der Waals surface area contributed by atoms with Gasteiger partial charge in [0.15, 0.2) is 0 Å². The zero-order valence-electron chi connectivity index (χ0n) is 9.52. The Morgan fingerprint density at radius 3 is 2.33 bits per heavy atom. The van der Waals surface area contributed by atoms with Crippen LogP contribution in [0.3, 0.4) is 0 Å². The highest BCUT2D eigenvalue weighted by Gasteiger charge is 2.32. The quantitative estimate of drug-likeness (QED) is 0.170. The zero-order chi connectivity index (χ0) is 14.4. The Balaban J connectivity index is 3.85. The third kappa shape index (κ3) is 10.6. The molecule has 18 heavy (non-hydrogen) atoms. The highest BCUT2D eigenvalue weighted by Crippen LogP contribution is 2.56. The molecule has 0 amide bonds. The van der Waals surface area contributed by atoms with Crippen molar-refractivity contribution in [1.82, 2.24) is 5.48 Å². The summed E-state index contributed by atoms with van der Waals surface area (Å²) in [4.78, 5) is 25.5. The van der Waals surface area contributed by atoms with Crippen molar-refractivity contribution in [1.29, 1.82) is 0 Å². The number of nitrogens with one attached hydrogen (secondary N) is 1. The second kappa shape index (κ2) is 7.44. The maximum absolute atomic E-state index is 10.9. The van der Waals surface area contributed by atoms with Gasteiger partial charge >= 0.3 is 15.6 Å². The van der Waals surface area contributed by atoms with Gasteiger partial charge in [-0.3, -0.25) is 0 Å². The van der Waals surface area contributed by atoms with E-state index in [9.17, 15) is 14.2 Å². The highest BCUT2D eigenvalue weighted by molar-refractivity contribution is 9.09. The molecule has 0 aromatic carbocycles. The van der Waals surface area contributed by atoms with E-state index in [4.69, 9.17) is 14.7 Å². The number of rotatable bonds is 9. The van der Waals surface area contributed by atoms with E-state index in [1.165, 1.54) is 0 Å². The van der Waals surface area contributed by atoms with E-state index in [1.54, 1.807) is 6.92 Å². The molecule has 0 rings (SSSR count). The molecule has 0 aliphatic carbocycles. The second-order valence-electron chi connectivity index (χ2n) is 3.76. The number of alkyl halides is 1. The van der Waals surface area contributed by atoms with Crippen molar-refractivity contribution in [2.75, 3.05) is 11.9 Å². The summed E-state index contributed by atoms with van der Waals surface area (Å²) >= 11 is 3.11. The Hall–Kier alpha value is 0.660. The molecule has 9 nitrogen and oxygen atoms in total. The van der Waals surface area contributed by atoms with E-state index in [1.807, 2.05) is 5.48 Å². The maximum Gasteiger partial charge on any atom is 0.497 e. The van der Waals surface area contributed by atoms with Gasteiger partial charge in [-0.15, -0.1) is 0 Å². The molecule has 0 aromatic rings. The highest BCUT2D eigenvalue weighted by atomic mass is 79.9. The fraction of sp³-hybridized carbons (Fsp3) is 1.00.